The van der Waals surface area contributed by atoms with E-state index in [2.05, 4.69) is 17.0 Å². The van der Waals surface area contributed by atoms with Crippen molar-refractivity contribution in [3.63, 3.8) is 0 Å². The number of fused-ring (bicyclic) bond motifs is 1. The SMILES string of the molecule is Cc1ccc2c(c1)c(=O)ccn2CC(=O)N1CCN(c2ccccc2)CC1. The van der Waals surface area contributed by atoms with Gasteiger partial charge in [-0.25, -0.2) is 0 Å². The molecule has 2 aromatic carbocycles. The first-order valence-corrected chi connectivity index (χ1v) is 9.29. The monoisotopic (exact) mass is 361 g/mol. The van der Waals surface area contributed by atoms with E-state index in [0.717, 1.165) is 24.2 Å². The number of rotatable bonds is 3. The summed E-state index contributed by atoms with van der Waals surface area (Å²) in [5.41, 5.74) is 3.05. The molecule has 1 amide bonds. The summed E-state index contributed by atoms with van der Waals surface area (Å²) in [6.07, 6.45) is 1.72. The highest BCUT2D eigenvalue weighted by molar-refractivity contribution is 5.83. The summed E-state index contributed by atoms with van der Waals surface area (Å²) in [6.45, 7) is 5.31. The average Bonchev–Trinajstić information content (AvgIpc) is 2.71. The van der Waals surface area contributed by atoms with Crippen molar-refractivity contribution in [1.82, 2.24) is 9.47 Å². The van der Waals surface area contributed by atoms with Crippen LogP contribution < -0.4 is 10.3 Å². The van der Waals surface area contributed by atoms with E-state index in [-0.39, 0.29) is 17.9 Å². The van der Waals surface area contributed by atoms with E-state index in [1.54, 1.807) is 12.3 Å². The lowest BCUT2D eigenvalue weighted by Crippen LogP contribution is -2.49. The molecule has 5 heteroatoms. The van der Waals surface area contributed by atoms with Crippen molar-refractivity contribution in [2.45, 2.75) is 13.5 Å². The summed E-state index contributed by atoms with van der Waals surface area (Å²) in [4.78, 5) is 29.2. The normalized spacial score (nSPS) is 14.6. The molecule has 0 N–H and O–H groups in total. The summed E-state index contributed by atoms with van der Waals surface area (Å²) in [7, 11) is 0. The van der Waals surface area contributed by atoms with Gasteiger partial charge in [0.05, 0.1) is 5.52 Å². The molecule has 0 radical (unpaired) electrons. The van der Waals surface area contributed by atoms with Crippen LogP contribution in [0.25, 0.3) is 10.9 Å². The third-order valence-corrected chi connectivity index (χ3v) is 5.19. The van der Waals surface area contributed by atoms with Crippen LogP contribution in [0.1, 0.15) is 5.56 Å². The summed E-state index contributed by atoms with van der Waals surface area (Å²) in [6, 6.07) is 17.6. The van der Waals surface area contributed by atoms with Gasteiger partial charge in [-0.2, -0.15) is 0 Å². The van der Waals surface area contributed by atoms with E-state index in [0.29, 0.717) is 18.5 Å². The Morgan fingerprint density at radius 1 is 0.963 bits per heavy atom. The third-order valence-electron chi connectivity index (χ3n) is 5.19. The van der Waals surface area contributed by atoms with Crippen LogP contribution in [0, 0.1) is 6.92 Å². The molecule has 0 unspecified atom stereocenters. The number of para-hydroxylation sites is 1. The van der Waals surface area contributed by atoms with Gasteiger partial charge >= 0.3 is 0 Å². The van der Waals surface area contributed by atoms with Gasteiger partial charge in [0, 0.05) is 49.5 Å². The summed E-state index contributed by atoms with van der Waals surface area (Å²) < 4.78 is 1.88. The fourth-order valence-corrected chi connectivity index (χ4v) is 3.66. The average molecular weight is 361 g/mol. The van der Waals surface area contributed by atoms with E-state index < -0.39 is 0 Å². The van der Waals surface area contributed by atoms with Gasteiger partial charge in [0.2, 0.25) is 5.91 Å². The van der Waals surface area contributed by atoms with Crippen molar-refractivity contribution in [3.05, 3.63) is 76.6 Å². The van der Waals surface area contributed by atoms with Crippen molar-refractivity contribution in [1.29, 1.82) is 0 Å². The topological polar surface area (TPSA) is 45.6 Å². The number of aryl methyl sites for hydroxylation is 1. The number of amides is 1. The fourth-order valence-electron chi connectivity index (χ4n) is 3.66. The molecule has 1 aliphatic rings. The number of benzene rings is 2. The second-order valence-corrected chi connectivity index (χ2v) is 7.03. The first-order valence-electron chi connectivity index (χ1n) is 9.29. The zero-order valence-electron chi connectivity index (χ0n) is 15.5. The number of nitrogens with zero attached hydrogens (tertiary/aromatic N) is 3. The molecular formula is C22H23N3O2. The van der Waals surface area contributed by atoms with Crippen molar-refractivity contribution in [3.8, 4) is 0 Å². The molecule has 0 bridgehead atoms. The Kier molecular flexibility index (Phi) is 4.67. The molecule has 5 nitrogen and oxygen atoms in total. The van der Waals surface area contributed by atoms with Crippen LogP contribution >= 0.6 is 0 Å². The summed E-state index contributed by atoms with van der Waals surface area (Å²) in [5.74, 6) is 0.0910. The maximum Gasteiger partial charge on any atom is 0.242 e. The molecule has 2 heterocycles. The molecular weight excluding hydrogens is 338 g/mol. The lowest BCUT2D eigenvalue weighted by molar-refractivity contribution is -0.132. The highest BCUT2D eigenvalue weighted by atomic mass is 16.2. The molecule has 0 spiro atoms. The number of anilines is 1. The second kappa shape index (κ2) is 7.27. The van der Waals surface area contributed by atoms with Gasteiger partial charge in [0.25, 0.3) is 0 Å². The number of pyridine rings is 1. The van der Waals surface area contributed by atoms with Crippen LogP contribution in [0.15, 0.2) is 65.6 Å². The maximum absolute atomic E-state index is 12.8. The molecule has 1 saturated heterocycles. The highest BCUT2D eigenvalue weighted by Gasteiger charge is 2.21. The van der Waals surface area contributed by atoms with E-state index in [1.165, 1.54) is 5.69 Å². The zero-order chi connectivity index (χ0) is 18.8. The van der Waals surface area contributed by atoms with Crippen LogP contribution in [0.5, 0.6) is 0 Å². The lowest BCUT2D eigenvalue weighted by Gasteiger charge is -2.36. The van der Waals surface area contributed by atoms with Crippen LogP contribution in [0.2, 0.25) is 0 Å². The van der Waals surface area contributed by atoms with E-state index in [1.807, 2.05) is 52.8 Å². The van der Waals surface area contributed by atoms with E-state index in [4.69, 9.17) is 0 Å². The van der Waals surface area contributed by atoms with Crippen molar-refractivity contribution in [2.24, 2.45) is 0 Å². The largest absolute Gasteiger partial charge is 0.368 e. The predicted molar refractivity (Wildman–Crippen MR) is 108 cm³/mol. The quantitative estimate of drug-likeness (QED) is 0.720. The van der Waals surface area contributed by atoms with Gasteiger partial charge in [-0.3, -0.25) is 9.59 Å². The Balaban J connectivity index is 1.47. The van der Waals surface area contributed by atoms with Gasteiger partial charge in [-0.1, -0.05) is 29.8 Å². The van der Waals surface area contributed by atoms with Gasteiger partial charge in [-0.15, -0.1) is 0 Å². The molecule has 138 valence electrons. The Labute approximate surface area is 158 Å². The molecule has 3 aromatic rings. The maximum atomic E-state index is 12.8. The molecule has 1 fully saturated rings. The number of hydrogen-bond acceptors (Lipinski definition) is 3. The van der Waals surface area contributed by atoms with Gasteiger partial charge in [0.1, 0.15) is 6.54 Å². The van der Waals surface area contributed by atoms with Crippen LogP contribution in [0.3, 0.4) is 0 Å². The van der Waals surface area contributed by atoms with E-state index >= 15 is 0 Å². The number of carbonyl (C=O) groups excluding carboxylic acids is 1. The number of hydrogen-bond donors (Lipinski definition) is 0. The molecule has 1 aliphatic heterocycles. The van der Waals surface area contributed by atoms with Crippen LogP contribution in [-0.4, -0.2) is 41.6 Å². The first-order chi connectivity index (χ1) is 13.1. The Hall–Kier alpha value is -3.08. The molecule has 0 aliphatic carbocycles. The Morgan fingerprint density at radius 3 is 2.44 bits per heavy atom. The minimum Gasteiger partial charge on any atom is -0.368 e. The molecule has 4 rings (SSSR count). The van der Waals surface area contributed by atoms with E-state index in [9.17, 15) is 9.59 Å². The first kappa shape index (κ1) is 17.3. The van der Waals surface area contributed by atoms with Crippen molar-refractivity contribution in [2.75, 3.05) is 31.1 Å². The summed E-state index contributed by atoms with van der Waals surface area (Å²) >= 11 is 0. The standard InChI is InChI=1S/C22H23N3O2/c1-17-7-8-20-19(15-17)21(26)9-10-25(20)16-22(27)24-13-11-23(12-14-24)18-5-3-2-4-6-18/h2-10,15H,11-14,16H2,1H3. The highest BCUT2D eigenvalue weighted by Crippen LogP contribution is 2.17. The fraction of sp³-hybridized carbons (Fsp3) is 0.273. The van der Waals surface area contributed by atoms with Gasteiger partial charge in [0.15, 0.2) is 5.43 Å². The molecule has 0 saturated carbocycles. The molecule has 1 aromatic heterocycles. The zero-order valence-corrected chi connectivity index (χ0v) is 15.5. The van der Waals surface area contributed by atoms with Crippen molar-refractivity contribution < 1.29 is 4.79 Å². The summed E-state index contributed by atoms with van der Waals surface area (Å²) in [5, 5.41) is 0.666. The number of carbonyl (C=O) groups is 1. The minimum atomic E-state index is -0.00567. The Morgan fingerprint density at radius 2 is 1.70 bits per heavy atom. The third kappa shape index (κ3) is 3.58. The van der Waals surface area contributed by atoms with Crippen LogP contribution in [-0.2, 0) is 11.3 Å². The Bertz CT molecular complexity index is 1020. The number of piperazine rings is 1. The van der Waals surface area contributed by atoms with Crippen molar-refractivity contribution >= 4 is 22.5 Å². The van der Waals surface area contributed by atoms with Gasteiger partial charge in [-0.05, 0) is 31.2 Å². The minimum absolute atomic E-state index is 0.00567. The molecule has 27 heavy (non-hydrogen) atoms. The van der Waals surface area contributed by atoms with Crippen LogP contribution in [0.4, 0.5) is 5.69 Å². The molecule has 0 atom stereocenters. The number of aromatic nitrogens is 1. The van der Waals surface area contributed by atoms with Gasteiger partial charge < -0.3 is 14.4 Å². The predicted octanol–water partition coefficient (Wildman–Crippen LogP) is 2.66. The lowest BCUT2D eigenvalue weighted by atomic mass is 10.1. The second-order valence-electron chi connectivity index (χ2n) is 7.03. The smallest absolute Gasteiger partial charge is 0.242 e.